The zero-order chi connectivity index (χ0) is 16.7. The van der Waals surface area contributed by atoms with E-state index in [-0.39, 0.29) is 9.77 Å². The number of sulfonamides is 1. The molecule has 0 unspecified atom stereocenters. The van der Waals surface area contributed by atoms with Crippen LogP contribution in [-0.4, -0.2) is 24.5 Å². The molecule has 0 saturated carbocycles. The van der Waals surface area contributed by atoms with Crippen LogP contribution in [0.2, 0.25) is 0 Å². The van der Waals surface area contributed by atoms with Gasteiger partial charge >= 0.3 is 5.97 Å². The number of rotatable bonds is 4. The van der Waals surface area contributed by atoms with Gasteiger partial charge in [0.2, 0.25) is 0 Å². The van der Waals surface area contributed by atoms with Gasteiger partial charge in [-0.05, 0) is 51.0 Å². The summed E-state index contributed by atoms with van der Waals surface area (Å²) in [5.41, 5.74) is 2.09. The number of thiazole rings is 1. The molecule has 22 heavy (non-hydrogen) atoms. The van der Waals surface area contributed by atoms with Crippen molar-refractivity contribution >= 4 is 33.0 Å². The number of aryl methyl sites for hydroxylation is 2. The lowest BCUT2D eigenvalue weighted by Crippen LogP contribution is -2.14. The standard InChI is InChI=1S/C14H16N2O4S2/c1-7-8(2)12(6-5-11(7)13(17)18)16-22(19,20)14-9(3)15-10(4)21-14/h5-6,16H,1-4H3,(H,17,18). The Hall–Kier alpha value is -1.93. The molecule has 0 fully saturated rings. The molecule has 2 aromatic rings. The highest BCUT2D eigenvalue weighted by Crippen LogP contribution is 2.28. The number of carbonyl (C=O) groups is 1. The fourth-order valence-corrected chi connectivity index (χ4v) is 4.72. The Morgan fingerprint density at radius 3 is 2.32 bits per heavy atom. The Kier molecular flexibility index (Phi) is 4.25. The van der Waals surface area contributed by atoms with Crippen LogP contribution in [0.25, 0.3) is 0 Å². The summed E-state index contributed by atoms with van der Waals surface area (Å²) in [6.45, 7) is 6.72. The summed E-state index contributed by atoms with van der Waals surface area (Å²) < 4.78 is 27.6. The number of carboxylic acids is 1. The van der Waals surface area contributed by atoms with Crippen LogP contribution in [0, 0.1) is 27.7 Å². The summed E-state index contributed by atoms with van der Waals surface area (Å²) in [6.07, 6.45) is 0. The van der Waals surface area contributed by atoms with Gasteiger partial charge in [0.15, 0.2) is 4.21 Å². The maximum Gasteiger partial charge on any atom is 0.335 e. The minimum absolute atomic E-state index is 0.158. The number of hydrogen-bond acceptors (Lipinski definition) is 5. The fourth-order valence-electron chi connectivity index (χ4n) is 2.12. The summed E-state index contributed by atoms with van der Waals surface area (Å²) in [5, 5.41) is 9.76. The van der Waals surface area contributed by atoms with Crippen LogP contribution in [0.15, 0.2) is 16.3 Å². The van der Waals surface area contributed by atoms with Crippen LogP contribution >= 0.6 is 11.3 Å². The van der Waals surface area contributed by atoms with Gasteiger partial charge in [0.25, 0.3) is 10.0 Å². The molecule has 0 atom stereocenters. The molecule has 1 aromatic heterocycles. The van der Waals surface area contributed by atoms with Crippen LogP contribution in [-0.2, 0) is 10.0 Å². The highest BCUT2D eigenvalue weighted by molar-refractivity contribution is 7.94. The van der Waals surface area contributed by atoms with E-state index in [1.54, 1.807) is 27.7 Å². The molecular weight excluding hydrogens is 324 g/mol. The summed E-state index contributed by atoms with van der Waals surface area (Å²) in [5.74, 6) is -1.04. The van der Waals surface area contributed by atoms with E-state index >= 15 is 0 Å². The number of aromatic carboxylic acids is 1. The number of anilines is 1. The largest absolute Gasteiger partial charge is 0.478 e. The number of hydrogen-bond donors (Lipinski definition) is 2. The summed E-state index contributed by atoms with van der Waals surface area (Å²) in [7, 11) is -3.74. The van der Waals surface area contributed by atoms with Crippen molar-refractivity contribution in [1.82, 2.24) is 4.98 Å². The van der Waals surface area contributed by atoms with Crippen LogP contribution in [0.4, 0.5) is 5.69 Å². The van der Waals surface area contributed by atoms with Crippen molar-refractivity contribution < 1.29 is 18.3 Å². The number of nitrogens with one attached hydrogen (secondary N) is 1. The second kappa shape index (κ2) is 5.69. The van der Waals surface area contributed by atoms with E-state index in [0.717, 1.165) is 11.3 Å². The normalized spacial score (nSPS) is 11.5. The molecule has 0 aliphatic carbocycles. The van der Waals surface area contributed by atoms with Gasteiger partial charge in [-0.15, -0.1) is 11.3 Å². The molecule has 0 bridgehead atoms. The zero-order valence-corrected chi connectivity index (χ0v) is 14.2. The molecule has 0 aliphatic rings. The van der Waals surface area contributed by atoms with Crippen molar-refractivity contribution in [2.45, 2.75) is 31.9 Å². The minimum atomic E-state index is -3.74. The molecule has 2 rings (SSSR count). The first kappa shape index (κ1) is 16.4. The van der Waals surface area contributed by atoms with Crippen molar-refractivity contribution in [3.05, 3.63) is 39.5 Å². The third-order valence-electron chi connectivity index (χ3n) is 3.37. The van der Waals surface area contributed by atoms with Gasteiger partial charge < -0.3 is 5.11 Å². The Morgan fingerprint density at radius 2 is 1.82 bits per heavy atom. The van der Waals surface area contributed by atoms with E-state index in [9.17, 15) is 13.2 Å². The first-order chi connectivity index (χ1) is 10.1. The topological polar surface area (TPSA) is 96.4 Å². The molecule has 0 spiro atoms. The Morgan fingerprint density at radius 1 is 1.18 bits per heavy atom. The van der Waals surface area contributed by atoms with Gasteiger partial charge in [-0.25, -0.2) is 18.2 Å². The first-order valence-electron chi connectivity index (χ1n) is 6.44. The Balaban J connectivity index is 2.45. The summed E-state index contributed by atoms with van der Waals surface area (Å²) in [4.78, 5) is 15.2. The zero-order valence-electron chi connectivity index (χ0n) is 12.6. The number of carboxylic acid groups (broad SMARTS) is 1. The van der Waals surface area contributed by atoms with Crippen molar-refractivity contribution in [2.75, 3.05) is 4.72 Å². The molecule has 0 radical (unpaired) electrons. The molecule has 8 heteroatoms. The monoisotopic (exact) mass is 340 g/mol. The van der Waals surface area contributed by atoms with E-state index in [0.29, 0.717) is 27.5 Å². The second-order valence-corrected chi connectivity index (χ2v) is 8.01. The smallest absolute Gasteiger partial charge is 0.335 e. The maximum absolute atomic E-state index is 12.5. The average Bonchev–Trinajstić information content (AvgIpc) is 2.74. The first-order valence-corrected chi connectivity index (χ1v) is 8.74. The molecule has 2 N–H and O–H groups in total. The van der Waals surface area contributed by atoms with Gasteiger partial charge in [0.05, 0.1) is 22.0 Å². The van der Waals surface area contributed by atoms with Crippen molar-refractivity contribution in [3.8, 4) is 0 Å². The SMILES string of the molecule is Cc1nc(C)c(S(=O)(=O)Nc2ccc(C(=O)O)c(C)c2C)s1. The third-order valence-corrected chi connectivity index (χ3v) is 6.41. The lowest BCUT2D eigenvalue weighted by atomic mass is 10.0. The lowest BCUT2D eigenvalue weighted by Gasteiger charge is -2.13. The Labute approximate surface area is 132 Å². The predicted molar refractivity (Wildman–Crippen MR) is 85.3 cm³/mol. The van der Waals surface area contributed by atoms with E-state index in [1.807, 2.05) is 0 Å². The van der Waals surface area contributed by atoms with Crippen molar-refractivity contribution in [1.29, 1.82) is 0 Å². The second-order valence-electron chi connectivity index (χ2n) is 4.93. The van der Waals surface area contributed by atoms with Crippen molar-refractivity contribution in [2.24, 2.45) is 0 Å². The van der Waals surface area contributed by atoms with Crippen LogP contribution in [0.3, 0.4) is 0 Å². The van der Waals surface area contributed by atoms with E-state index < -0.39 is 16.0 Å². The molecule has 118 valence electrons. The lowest BCUT2D eigenvalue weighted by molar-refractivity contribution is 0.0696. The third kappa shape index (κ3) is 2.97. The van der Waals surface area contributed by atoms with Gasteiger partial charge in [-0.1, -0.05) is 0 Å². The molecule has 0 aliphatic heterocycles. The van der Waals surface area contributed by atoms with Crippen molar-refractivity contribution in [3.63, 3.8) is 0 Å². The average molecular weight is 340 g/mol. The van der Waals surface area contributed by atoms with Gasteiger partial charge in [-0.3, -0.25) is 4.72 Å². The minimum Gasteiger partial charge on any atom is -0.478 e. The van der Waals surface area contributed by atoms with Crippen LogP contribution in [0.1, 0.15) is 32.2 Å². The van der Waals surface area contributed by atoms with Gasteiger partial charge in [0.1, 0.15) is 0 Å². The van der Waals surface area contributed by atoms with E-state index in [1.165, 1.54) is 12.1 Å². The highest BCUT2D eigenvalue weighted by Gasteiger charge is 2.22. The molecule has 0 saturated heterocycles. The van der Waals surface area contributed by atoms with Gasteiger partial charge in [0, 0.05) is 0 Å². The Bertz CT molecular complexity index is 854. The quantitative estimate of drug-likeness (QED) is 0.892. The molecule has 1 heterocycles. The van der Waals surface area contributed by atoms with Crippen LogP contribution in [0.5, 0.6) is 0 Å². The van der Waals surface area contributed by atoms with Gasteiger partial charge in [-0.2, -0.15) is 0 Å². The number of nitrogens with zero attached hydrogens (tertiary/aromatic N) is 1. The summed E-state index contributed by atoms with van der Waals surface area (Å²) in [6, 6.07) is 2.86. The van der Waals surface area contributed by atoms with E-state index in [2.05, 4.69) is 9.71 Å². The molecular formula is C14H16N2O4S2. The van der Waals surface area contributed by atoms with E-state index in [4.69, 9.17) is 5.11 Å². The van der Waals surface area contributed by atoms with Crippen LogP contribution < -0.4 is 4.72 Å². The molecule has 1 aromatic carbocycles. The summed E-state index contributed by atoms with van der Waals surface area (Å²) >= 11 is 1.10. The molecule has 0 amide bonds. The fraction of sp³-hybridized carbons (Fsp3) is 0.286. The number of aromatic nitrogens is 1. The number of benzene rings is 1. The molecule has 6 nitrogen and oxygen atoms in total. The predicted octanol–water partition coefficient (Wildman–Crippen LogP) is 2.88. The highest BCUT2D eigenvalue weighted by atomic mass is 32.2. The maximum atomic E-state index is 12.5.